The van der Waals surface area contributed by atoms with E-state index in [-0.39, 0.29) is 18.1 Å². The number of ether oxygens (including phenoxy) is 2. The number of hydrogen-bond acceptors (Lipinski definition) is 5. The summed E-state index contributed by atoms with van der Waals surface area (Å²) in [5, 5.41) is 14.4. The number of carboxylic acids is 1. The van der Waals surface area contributed by atoms with Gasteiger partial charge in [0.2, 0.25) is 0 Å². The van der Waals surface area contributed by atoms with Gasteiger partial charge in [-0.2, -0.15) is 0 Å². The predicted octanol–water partition coefficient (Wildman–Crippen LogP) is 7.94. The lowest BCUT2D eigenvalue weighted by molar-refractivity contribution is 0.0696. The number of carbonyl (C=O) groups is 1. The van der Waals surface area contributed by atoms with Crippen LogP contribution in [0.4, 0.5) is 0 Å². The Labute approximate surface area is 219 Å². The van der Waals surface area contributed by atoms with E-state index in [4.69, 9.17) is 42.3 Å². The van der Waals surface area contributed by atoms with E-state index >= 15 is 0 Å². The Morgan fingerprint density at radius 1 is 0.972 bits per heavy atom. The van der Waals surface area contributed by atoms with Gasteiger partial charge in [0.15, 0.2) is 0 Å². The molecule has 8 heteroatoms. The van der Waals surface area contributed by atoms with Gasteiger partial charge in [0, 0.05) is 11.5 Å². The minimum absolute atomic E-state index is 0.0898. The third-order valence-corrected chi connectivity index (χ3v) is 6.34. The molecule has 0 fully saturated rings. The summed E-state index contributed by atoms with van der Waals surface area (Å²) >= 11 is 12.9. The molecule has 0 bridgehead atoms. The van der Waals surface area contributed by atoms with E-state index in [1.165, 1.54) is 12.1 Å². The van der Waals surface area contributed by atoms with Gasteiger partial charge in [0.25, 0.3) is 0 Å². The maximum absolute atomic E-state index is 11.2. The van der Waals surface area contributed by atoms with Crippen molar-refractivity contribution in [3.8, 4) is 22.8 Å². The molecule has 0 spiro atoms. The van der Waals surface area contributed by atoms with E-state index in [0.29, 0.717) is 45.2 Å². The SMILES string of the molecule is Cc1cc(OCc2c(-c3c(Cl)cccc3Cl)noc2C(C)C)ccc1COc1cccc(C(=O)O)c1. The monoisotopic (exact) mass is 525 g/mol. The van der Waals surface area contributed by atoms with Crippen molar-refractivity contribution in [3.05, 3.63) is 98.7 Å². The zero-order valence-corrected chi connectivity index (χ0v) is 21.6. The Bertz CT molecular complexity index is 1380. The molecule has 0 saturated heterocycles. The Balaban J connectivity index is 1.50. The summed E-state index contributed by atoms with van der Waals surface area (Å²) in [4.78, 5) is 11.2. The summed E-state index contributed by atoms with van der Waals surface area (Å²) in [5.41, 5.74) is 4.10. The van der Waals surface area contributed by atoms with Crippen LogP contribution >= 0.6 is 23.2 Å². The molecule has 6 nitrogen and oxygen atoms in total. The summed E-state index contributed by atoms with van der Waals surface area (Å²) in [6, 6.07) is 17.4. The van der Waals surface area contributed by atoms with E-state index in [9.17, 15) is 4.79 Å². The van der Waals surface area contributed by atoms with Crippen LogP contribution in [0, 0.1) is 6.92 Å². The summed E-state index contributed by atoms with van der Waals surface area (Å²) in [5.74, 6) is 0.982. The Kier molecular flexibility index (Phi) is 7.87. The summed E-state index contributed by atoms with van der Waals surface area (Å²) < 4.78 is 17.6. The fourth-order valence-electron chi connectivity index (χ4n) is 3.79. The van der Waals surface area contributed by atoms with Crippen LogP contribution < -0.4 is 9.47 Å². The van der Waals surface area contributed by atoms with Gasteiger partial charge in [-0.15, -0.1) is 0 Å². The van der Waals surface area contributed by atoms with Crippen LogP contribution in [0.1, 0.15) is 52.6 Å². The van der Waals surface area contributed by atoms with Gasteiger partial charge >= 0.3 is 5.97 Å². The van der Waals surface area contributed by atoms with Crippen LogP contribution in [0.5, 0.6) is 11.5 Å². The Hall–Kier alpha value is -3.48. The average Bonchev–Trinajstić information content (AvgIpc) is 3.26. The van der Waals surface area contributed by atoms with E-state index in [0.717, 1.165) is 16.7 Å². The number of nitrogens with zero attached hydrogens (tertiary/aromatic N) is 1. The lowest BCUT2D eigenvalue weighted by Gasteiger charge is -2.13. The lowest BCUT2D eigenvalue weighted by atomic mass is 10.0. The number of hydrogen-bond donors (Lipinski definition) is 1. The molecule has 0 aliphatic heterocycles. The molecule has 1 heterocycles. The van der Waals surface area contributed by atoms with Crippen molar-refractivity contribution < 1.29 is 23.9 Å². The highest BCUT2D eigenvalue weighted by molar-refractivity contribution is 6.39. The second kappa shape index (κ2) is 11.1. The fourth-order valence-corrected chi connectivity index (χ4v) is 4.37. The van der Waals surface area contributed by atoms with Crippen molar-refractivity contribution in [2.24, 2.45) is 0 Å². The van der Waals surface area contributed by atoms with Crippen molar-refractivity contribution in [1.29, 1.82) is 0 Å². The van der Waals surface area contributed by atoms with Crippen molar-refractivity contribution in [1.82, 2.24) is 5.16 Å². The first-order valence-corrected chi connectivity index (χ1v) is 12.1. The molecule has 186 valence electrons. The van der Waals surface area contributed by atoms with Crippen LogP contribution in [-0.2, 0) is 13.2 Å². The summed E-state index contributed by atoms with van der Waals surface area (Å²) in [7, 11) is 0. The van der Waals surface area contributed by atoms with Crippen LogP contribution in [0.25, 0.3) is 11.3 Å². The normalized spacial score (nSPS) is 11.1. The molecule has 36 heavy (non-hydrogen) atoms. The van der Waals surface area contributed by atoms with E-state index in [1.807, 2.05) is 39.0 Å². The minimum Gasteiger partial charge on any atom is -0.489 e. The number of rotatable bonds is 9. The third kappa shape index (κ3) is 5.66. The van der Waals surface area contributed by atoms with Gasteiger partial charge in [-0.1, -0.05) is 60.4 Å². The quantitative estimate of drug-likeness (QED) is 0.239. The molecule has 4 aromatic rings. The zero-order chi connectivity index (χ0) is 25.8. The van der Waals surface area contributed by atoms with Crippen molar-refractivity contribution >= 4 is 29.2 Å². The van der Waals surface area contributed by atoms with Gasteiger partial charge < -0.3 is 19.1 Å². The number of aryl methyl sites for hydroxylation is 1. The molecular weight excluding hydrogens is 501 g/mol. The number of benzene rings is 3. The first kappa shape index (κ1) is 25.6. The molecule has 3 aromatic carbocycles. The highest BCUT2D eigenvalue weighted by Gasteiger charge is 2.24. The molecule has 1 aromatic heterocycles. The van der Waals surface area contributed by atoms with Gasteiger partial charge in [0.05, 0.1) is 21.2 Å². The highest BCUT2D eigenvalue weighted by atomic mass is 35.5. The fraction of sp³-hybridized carbons (Fsp3) is 0.214. The van der Waals surface area contributed by atoms with Crippen LogP contribution in [-0.4, -0.2) is 16.2 Å². The van der Waals surface area contributed by atoms with Gasteiger partial charge in [-0.05, 0) is 60.5 Å². The lowest BCUT2D eigenvalue weighted by Crippen LogP contribution is -2.03. The third-order valence-electron chi connectivity index (χ3n) is 5.72. The molecule has 0 radical (unpaired) electrons. The van der Waals surface area contributed by atoms with Gasteiger partial charge in [-0.25, -0.2) is 4.79 Å². The topological polar surface area (TPSA) is 81.8 Å². The number of aromatic carboxylic acids is 1. The van der Waals surface area contributed by atoms with E-state index in [2.05, 4.69) is 5.16 Å². The molecule has 0 aliphatic rings. The molecule has 0 saturated carbocycles. The van der Waals surface area contributed by atoms with Crippen LogP contribution in [0.3, 0.4) is 0 Å². The van der Waals surface area contributed by atoms with E-state index < -0.39 is 5.97 Å². The number of halogens is 2. The Morgan fingerprint density at radius 3 is 2.31 bits per heavy atom. The first-order valence-electron chi connectivity index (χ1n) is 11.4. The molecular formula is C28H25Cl2NO5. The van der Waals surface area contributed by atoms with Crippen LogP contribution in [0.15, 0.2) is 65.2 Å². The molecule has 4 rings (SSSR count). The maximum Gasteiger partial charge on any atom is 0.335 e. The molecule has 0 atom stereocenters. The Morgan fingerprint density at radius 2 is 1.64 bits per heavy atom. The number of aromatic nitrogens is 1. The molecule has 0 amide bonds. The predicted molar refractivity (Wildman–Crippen MR) is 139 cm³/mol. The first-order chi connectivity index (χ1) is 17.2. The minimum atomic E-state index is -0.994. The maximum atomic E-state index is 11.2. The van der Waals surface area contributed by atoms with Gasteiger partial charge in [0.1, 0.15) is 36.2 Å². The smallest absolute Gasteiger partial charge is 0.335 e. The van der Waals surface area contributed by atoms with Crippen molar-refractivity contribution in [2.45, 2.75) is 39.9 Å². The molecule has 0 unspecified atom stereocenters. The summed E-state index contributed by atoms with van der Waals surface area (Å²) in [6.07, 6.45) is 0. The standard InChI is InChI=1S/C28H25Cl2NO5/c1-16(2)27-22(26(31-36-27)25-23(29)8-5-9-24(25)30)15-35-21-11-10-19(17(3)12-21)14-34-20-7-4-6-18(13-20)28(32)33/h4-13,16H,14-15H2,1-3H3,(H,32,33). The number of carboxylic acid groups (broad SMARTS) is 1. The zero-order valence-electron chi connectivity index (χ0n) is 20.0. The second-order valence-corrected chi connectivity index (χ2v) is 9.44. The van der Waals surface area contributed by atoms with Crippen LogP contribution in [0.2, 0.25) is 10.0 Å². The largest absolute Gasteiger partial charge is 0.489 e. The molecule has 0 aliphatic carbocycles. The van der Waals surface area contributed by atoms with Crippen molar-refractivity contribution in [3.63, 3.8) is 0 Å². The molecule has 1 N–H and O–H groups in total. The van der Waals surface area contributed by atoms with Crippen molar-refractivity contribution in [2.75, 3.05) is 0 Å². The second-order valence-electron chi connectivity index (χ2n) is 8.62. The van der Waals surface area contributed by atoms with E-state index in [1.54, 1.807) is 30.3 Å². The summed E-state index contributed by atoms with van der Waals surface area (Å²) in [6.45, 7) is 6.53. The average molecular weight is 526 g/mol. The van der Waals surface area contributed by atoms with Gasteiger partial charge in [-0.3, -0.25) is 0 Å². The highest BCUT2D eigenvalue weighted by Crippen LogP contribution is 2.38.